The maximum atomic E-state index is 11.6. The van der Waals surface area contributed by atoms with E-state index in [9.17, 15) is 4.79 Å². The molecule has 0 unspecified atom stereocenters. The third kappa shape index (κ3) is 2.00. The van der Waals surface area contributed by atoms with Crippen LogP contribution in [-0.2, 0) is 13.1 Å². The zero-order valence-electron chi connectivity index (χ0n) is 11.6. The largest absolute Gasteiger partial charge is 0.397 e. The van der Waals surface area contributed by atoms with Gasteiger partial charge in [-0.1, -0.05) is 24.3 Å². The molecule has 0 atom stereocenters. The fourth-order valence-corrected chi connectivity index (χ4v) is 4.26. The maximum Gasteiger partial charge on any atom is 0.260 e. The van der Waals surface area contributed by atoms with Crippen LogP contribution in [0.25, 0.3) is 0 Å². The van der Waals surface area contributed by atoms with Gasteiger partial charge in [-0.25, -0.2) is 0 Å². The minimum Gasteiger partial charge on any atom is -0.397 e. The molecule has 1 aliphatic carbocycles. The number of thiophene rings is 1. The standard InChI is InChI=1S/C16H17N3OS/c17-13-12(9-5-6-9)16(21-14(13)15(18)20)19-7-10-3-1-2-4-11(10)8-19/h1-4,9H,5-8,17H2,(H2,18,20). The van der Waals surface area contributed by atoms with Crippen molar-refractivity contribution < 1.29 is 4.79 Å². The fourth-order valence-electron chi connectivity index (χ4n) is 3.11. The van der Waals surface area contributed by atoms with Gasteiger partial charge in [-0.15, -0.1) is 11.3 Å². The van der Waals surface area contributed by atoms with Crippen LogP contribution < -0.4 is 16.4 Å². The van der Waals surface area contributed by atoms with Gasteiger partial charge in [0.2, 0.25) is 0 Å². The molecule has 0 radical (unpaired) electrons. The van der Waals surface area contributed by atoms with Gasteiger partial charge in [0.15, 0.2) is 0 Å². The van der Waals surface area contributed by atoms with Crippen molar-refractivity contribution in [1.29, 1.82) is 0 Å². The Bertz CT molecular complexity index is 708. The van der Waals surface area contributed by atoms with Gasteiger partial charge >= 0.3 is 0 Å². The molecule has 0 saturated heterocycles. The van der Waals surface area contributed by atoms with Crippen LogP contribution in [0.4, 0.5) is 10.7 Å². The van der Waals surface area contributed by atoms with E-state index in [1.165, 1.54) is 22.5 Å². The summed E-state index contributed by atoms with van der Waals surface area (Å²) < 4.78 is 0. The molecule has 4 nitrogen and oxygen atoms in total. The molecule has 1 aromatic carbocycles. The number of carbonyl (C=O) groups excluding carboxylic acids is 1. The number of hydrogen-bond donors (Lipinski definition) is 2. The van der Waals surface area contributed by atoms with Crippen LogP contribution in [0.2, 0.25) is 0 Å². The number of nitrogens with zero attached hydrogens (tertiary/aromatic N) is 1. The average Bonchev–Trinajstić information content (AvgIpc) is 3.10. The number of benzene rings is 1. The Labute approximate surface area is 127 Å². The Balaban J connectivity index is 1.76. The van der Waals surface area contributed by atoms with E-state index >= 15 is 0 Å². The van der Waals surface area contributed by atoms with Crippen molar-refractivity contribution in [2.45, 2.75) is 31.8 Å². The average molecular weight is 299 g/mol. The molecule has 1 aromatic heterocycles. The van der Waals surface area contributed by atoms with Crippen LogP contribution in [0, 0.1) is 0 Å². The molecule has 108 valence electrons. The van der Waals surface area contributed by atoms with Crippen molar-refractivity contribution in [2.24, 2.45) is 5.73 Å². The Kier molecular flexibility index (Phi) is 2.72. The van der Waals surface area contributed by atoms with Crippen molar-refractivity contribution in [3.05, 3.63) is 45.8 Å². The molecule has 1 fully saturated rings. The van der Waals surface area contributed by atoms with Gasteiger partial charge in [-0.05, 0) is 29.9 Å². The Morgan fingerprint density at radius 2 is 1.81 bits per heavy atom. The summed E-state index contributed by atoms with van der Waals surface area (Å²) in [5.41, 5.74) is 16.1. The number of fused-ring (bicyclic) bond motifs is 1. The number of anilines is 2. The van der Waals surface area contributed by atoms with Gasteiger partial charge in [-0.2, -0.15) is 0 Å². The molecule has 2 heterocycles. The first-order valence-corrected chi connectivity index (χ1v) is 8.00. The number of primary amides is 1. The molecule has 1 amide bonds. The first-order chi connectivity index (χ1) is 10.1. The highest BCUT2D eigenvalue weighted by Crippen LogP contribution is 2.52. The third-order valence-corrected chi connectivity index (χ3v) is 5.60. The van der Waals surface area contributed by atoms with Crippen LogP contribution in [0.3, 0.4) is 0 Å². The molecular formula is C16H17N3OS. The van der Waals surface area contributed by atoms with Gasteiger partial charge in [0.25, 0.3) is 5.91 Å². The van der Waals surface area contributed by atoms with Gasteiger partial charge in [-0.3, -0.25) is 4.79 Å². The topological polar surface area (TPSA) is 72.4 Å². The number of nitrogen functional groups attached to an aromatic ring is 1. The molecule has 0 spiro atoms. The zero-order valence-corrected chi connectivity index (χ0v) is 12.5. The van der Waals surface area contributed by atoms with E-state index in [1.807, 2.05) is 0 Å². The first kappa shape index (κ1) is 12.7. The highest BCUT2D eigenvalue weighted by Gasteiger charge is 2.35. The van der Waals surface area contributed by atoms with Gasteiger partial charge < -0.3 is 16.4 Å². The summed E-state index contributed by atoms with van der Waals surface area (Å²) in [5, 5.41) is 1.14. The molecule has 4 rings (SSSR count). The Morgan fingerprint density at radius 1 is 1.19 bits per heavy atom. The molecule has 0 bridgehead atoms. The molecule has 5 heteroatoms. The van der Waals surface area contributed by atoms with Gasteiger partial charge in [0, 0.05) is 18.7 Å². The normalized spacial score (nSPS) is 17.0. The van der Waals surface area contributed by atoms with Crippen molar-refractivity contribution >= 4 is 27.9 Å². The number of amides is 1. The minimum atomic E-state index is -0.414. The SMILES string of the molecule is NC(=O)c1sc(N2Cc3ccccc3C2)c(C2CC2)c1N. The summed E-state index contributed by atoms with van der Waals surface area (Å²) in [4.78, 5) is 14.4. The molecule has 2 aliphatic rings. The van der Waals surface area contributed by atoms with Crippen molar-refractivity contribution in [3.8, 4) is 0 Å². The van der Waals surface area contributed by atoms with Crippen LogP contribution in [-0.4, -0.2) is 5.91 Å². The lowest BCUT2D eigenvalue weighted by atomic mass is 10.1. The van der Waals surface area contributed by atoms with E-state index in [2.05, 4.69) is 29.2 Å². The second-order valence-corrected chi connectivity index (χ2v) is 6.83. The molecule has 1 aliphatic heterocycles. The Morgan fingerprint density at radius 3 is 2.33 bits per heavy atom. The number of carbonyl (C=O) groups is 1. The molecular weight excluding hydrogens is 282 g/mol. The van der Waals surface area contributed by atoms with Crippen LogP contribution in [0.15, 0.2) is 24.3 Å². The highest BCUT2D eigenvalue weighted by atomic mass is 32.1. The van der Waals surface area contributed by atoms with E-state index < -0.39 is 5.91 Å². The summed E-state index contributed by atoms with van der Waals surface area (Å²) in [7, 11) is 0. The third-order valence-electron chi connectivity index (χ3n) is 4.30. The maximum absolute atomic E-state index is 11.6. The predicted molar refractivity (Wildman–Crippen MR) is 85.6 cm³/mol. The van der Waals surface area contributed by atoms with Gasteiger partial charge in [0.05, 0.1) is 10.7 Å². The van der Waals surface area contributed by atoms with Gasteiger partial charge in [0.1, 0.15) is 4.88 Å². The van der Waals surface area contributed by atoms with Crippen LogP contribution >= 0.6 is 11.3 Å². The summed E-state index contributed by atoms with van der Waals surface area (Å²) >= 11 is 1.46. The lowest BCUT2D eigenvalue weighted by Gasteiger charge is -2.17. The zero-order chi connectivity index (χ0) is 14.6. The van der Waals surface area contributed by atoms with Crippen molar-refractivity contribution in [2.75, 3.05) is 10.6 Å². The summed E-state index contributed by atoms with van der Waals surface area (Å²) in [6, 6.07) is 8.47. The van der Waals surface area contributed by atoms with E-state index in [0.717, 1.165) is 36.5 Å². The molecule has 1 saturated carbocycles. The first-order valence-electron chi connectivity index (χ1n) is 7.19. The number of rotatable bonds is 3. The molecule has 2 aromatic rings. The second-order valence-electron chi connectivity index (χ2n) is 5.83. The van der Waals surface area contributed by atoms with Crippen LogP contribution in [0.5, 0.6) is 0 Å². The van der Waals surface area contributed by atoms with Crippen molar-refractivity contribution in [1.82, 2.24) is 0 Å². The molecule has 4 N–H and O–H groups in total. The fraction of sp³-hybridized carbons (Fsp3) is 0.312. The monoisotopic (exact) mass is 299 g/mol. The van der Waals surface area contributed by atoms with Crippen molar-refractivity contribution in [3.63, 3.8) is 0 Å². The summed E-state index contributed by atoms with van der Waals surface area (Å²) in [6.07, 6.45) is 2.32. The van der Waals surface area contributed by atoms with E-state index in [1.54, 1.807) is 0 Å². The van der Waals surface area contributed by atoms with E-state index in [-0.39, 0.29) is 0 Å². The summed E-state index contributed by atoms with van der Waals surface area (Å²) in [5.74, 6) is 0.0930. The minimum absolute atomic E-state index is 0.414. The number of hydrogen-bond acceptors (Lipinski definition) is 4. The van der Waals surface area contributed by atoms with E-state index in [0.29, 0.717) is 16.5 Å². The lowest BCUT2D eigenvalue weighted by molar-refractivity contribution is 0.100. The number of nitrogens with two attached hydrogens (primary N) is 2. The Hall–Kier alpha value is -2.01. The predicted octanol–water partition coefficient (Wildman–Crippen LogP) is 2.83. The lowest BCUT2D eigenvalue weighted by Crippen LogP contribution is -2.14. The highest BCUT2D eigenvalue weighted by molar-refractivity contribution is 7.18. The second kappa shape index (κ2) is 4.49. The quantitative estimate of drug-likeness (QED) is 0.915. The van der Waals surface area contributed by atoms with Crippen LogP contribution in [0.1, 0.15) is 45.1 Å². The summed E-state index contributed by atoms with van der Waals surface area (Å²) in [6.45, 7) is 1.77. The molecule has 21 heavy (non-hydrogen) atoms. The van der Waals surface area contributed by atoms with E-state index in [4.69, 9.17) is 11.5 Å². The smallest absolute Gasteiger partial charge is 0.260 e.